The summed E-state index contributed by atoms with van der Waals surface area (Å²) >= 11 is 0. The Hall–Kier alpha value is -0.830. The van der Waals surface area contributed by atoms with E-state index in [-0.39, 0.29) is 12.4 Å². The Bertz CT molecular complexity index is 488. The third-order valence-electron chi connectivity index (χ3n) is 5.57. The zero-order valence-corrected chi connectivity index (χ0v) is 18.1. The van der Waals surface area contributed by atoms with E-state index >= 15 is 0 Å². The minimum atomic E-state index is 0. The largest absolute Gasteiger partial charge is 0.380 e. The second kappa shape index (κ2) is 15.1. The fourth-order valence-electron chi connectivity index (χ4n) is 3.92. The molecule has 0 aromatic heterocycles. The van der Waals surface area contributed by atoms with Crippen LogP contribution in [0, 0.1) is 0 Å². The topological polar surface area (TPSA) is 21.3 Å². The first-order valence-corrected chi connectivity index (χ1v) is 10.9. The van der Waals surface area contributed by atoms with Gasteiger partial charge in [0, 0.05) is 18.6 Å². The molecule has 2 unspecified atom stereocenters. The van der Waals surface area contributed by atoms with Gasteiger partial charge >= 0.3 is 0 Å². The Kier molecular flexibility index (Phi) is 13.6. The SMILES string of the molecule is C=CCCCOCC1NCCC1c1ccc(CCCCCCCC)cc1.Cl. The Labute approximate surface area is 173 Å². The summed E-state index contributed by atoms with van der Waals surface area (Å²) in [5, 5.41) is 3.62. The molecule has 1 aromatic rings. The van der Waals surface area contributed by atoms with Crippen molar-refractivity contribution >= 4 is 12.4 Å². The van der Waals surface area contributed by atoms with Crippen molar-refractivity contribution in [1.29, 1.82) is 0 Å². The van der Waals surface area contributed by atoms with Crippen molar-refractivity contribution in [2.45, 2.75) is 83.1 Å². The van der Waals surface area contributed by atoms with Crippen LogP contribution in [0.3, 0.4) is 0 Å². The molecule has 0 amide bonds. The summed E-state index contributed by atoms with van der Waals surface area (Å²) in [7, 11) is 0. The van der Waals surface area contributed by atoms with Gasteiger partial charge in [-0.2, -0.15) is 0 Å². The van der Waals surface area contributed by atoms with Gasteiger partial charge in [0.1, 0.15) is 0 Å². The van der Waals surface area contributed by atoms with Crippen molar-refractivity contribution in [3.8, 4) is 0 Å². The van der Waals surface area contributed by atoms with Crippen molar-refractivity contribution in [1.82, 2.24) is 5.32 Å². The lowest BCUT2D eigenvalue weighted by Gasteiger charge is -2.20. The van der Waals surface area contributed by atoms with Gasteiger partial charge in [0.25, 0.3) is 0 Å². The summed E-state index contributed by atoms with van der Waals surface area (Å²) in [5.41, 5.74) is 2.97. The molecule has 0 radical (unpaired) electrons. The predicted molar refractivity (Wildman–Crippen MR) is 120 cm³/mol. The number of benzene rings is 1. The maximum Gasteiger partial charge on any atom is 0.0625 e. The highest BCUT2D eigenvalue weighted by Crippen LogP contribution is 2.28. The smallest absolute Gasteiger partial charge is 0.0625 e. The molecular formula is C24H40ClNO. The van der Waals surface area contributed by atoms with Crippen LogP contribution in [0.25, 0.3) is 0 Å². The number of hydrogen-bond acceptors (Lipinski definition) is 2. The van der Waals surface area contributed by atoms with Crippen LogP contribution in [0.5, 0.6) is 0 Å². The first-order valence-electron chi connectivity index (χ1n) is 10.9. The van der Waals surface area contributed by atoms with E-state index in [9.17, 15) is 0 Å². The Morgan fingerprint density at radius 3 is 2.56 bits per heavy atom. The van der Waals surface area contributed by atoms with Crippen LogP contribution in [0.4, 0.5) is 0 Å². The van der Waals surface area contributed by atoms with Crippen molar-refractivity contribution in [3.05, 3.63) is 48.0 Å². The summed E-state index contributed by atoms with van der Waals surface area (Å²) in [6, 6.07) is 9.87. The van der Waals surface area contributed by atoms with E-state index in [0.717, 1.165) is 32.6 Å². The number of nitrogens with one attached hydrogen (secondary N) is 1. The molecule has 2 rings (SSSR count). The third kappa shape index (κ3) is 9.27. The molecule has 0 spiro atoms. The normalized spacial score (nSPS) is 19.0. The summed E-state index contributed by atoms with van der Waals surface area (Å²) in [4.78, 5) is 0. The molecule has 1 N–H and O–H groups in total. The molecule has 2 nitrogen and oxygen atoms in total. The van der Waals surface area contributed by atoms with E-state index in [4.69, 9.17) is 4.74 Å². The van der Waals surface area contributed by atoms with Crippen molar-refractivity contribution in [2.75, 3.05) is 19.8 Å². The second-order valence-corrected chi connectivity index (χ2v) is 7.72. The van der Waals surface area contributed by atoms with E-state index < -0.39 is 0 Å². The zero-order chi connectivity index (χ0) is 18.5. The van der Waals surface area contributed by atoms with Crippen LogP contribution >= 0.6 is 12.4 Å². The molecule has 1 fully saturated rings. The lowest BCUT2D eigenvalue weighted by molar-refractivity contribution is 0.110. The standard InChI is InChI=1S/C24H39NO.ClH/c1-3-5-7-8-9-10-12-21-13-15-22(16-14-21)23-17-18-25-24(23)20-26-19-11-6-4-2;/h4,13-16,23-25H,2-3,5-12,17-20H2,1H3;1H. The van der Waals surface area contributed by atoms with Gasteiger partial charge in [0.15, 0.2) is 0 Å². The first-order chi connectivity index (χ1) is 12.8. The summed E-state index contributed by atoms with van der Waals surface area (Å²) < 4.78 is 5.88. The fraction of sp³-hybridized carbons (Fsp3) is 0.667. The van der Waals surface area contributed by atoms with E-state index in [1.165, 1.54) is 62.5 Å². The molecule has 0 aliphatic carbocycles. The van der Waals surface area contributed by atoms with Gasteiger partial charge in [-0.05, 0) is 49.8 Å². The van der Waals surface area contributed by atoms with E-state index in [0.29, 0.717) is 12.0 Å². The van der Waals surface area contributed by atoms with Gasteiger partial charge in [0.05, 0.1) is 6.61 Å². The summed E-state index contributed by atoms with van der Waals surface area (Å²) in [5.74, 6) is 0.595. The molecule has 1 heterocycles. The predicted octanol–water partition coefficient (Wildman–Crippen LogP) is 6.44. The van der Waals surface area contributed by atoms with Crippen LogP contribution in [0.2, 0.25) is 0 Å². The molecular weight excluding hydrogens is 354 g/mol. The van der Waals surface area contributed by atoms with Gasteiger partial charge in [-0.15, -0.1) is 19.0 Å². The molecule has 1 aromatic carbocycles. The molecule has 0 saturated carbocycles. The lowest BCUT2D eigenvalue weighted by atomic mass is 9.91. The quantitative estimate of drug-likeness (QED) is 0.290. The van der Waals surface area contributed by atoms with Gasteiger partial charge in [-0.3, -0.25) is 0 Å². The minimum Gasteiger partial charge on any atom is -0.380 e. The van der Waals surface area contributed by atoms with Gasteiger partial charge in [-0.1, -0.05) is 69.4 Å². The van der Waals surface area contributed by atoms with Crippen LogP contribution in [-0.2, 0) is 11.2 Å². The Morgan fingerprint density at radius 2 is 1.81 bits per heavy atom. The summed E-state index contributed by atoms with van der Waals surface area (Å²) in [6.07, 6.45) is 14.8. The molecule has 3 heteroatoms. The molecule has 1 saturated heterocycles. The van der Waals surface area contributed by atoms with Crippen molar-refractivity contribution in [2.24, 2.45) is 0 Å². The monoisotopic (exact) mass is 393 g/mol. The highest BCUT2D eigenvalue weighted by atomic mass is 35.5. The van der Waals surface area contributed by atoms with Crippen LogP contribution in [-0.4, -0.2) is 25.8 Å². The van der Waals surface area contributed by atoms with Crippen molar-refractivity contribution < 1.29 is 4.74 Å². The maximum absolute atomic E-state index is 5.88. The molecule has 1 aliphatic rings. The fourth-order valence-corrected chi connectivity index (χ4v) is 3.92. The maximum atomic E-state index is 5.88. The number of aryl methyl sites for hydroxylation is 1. The number of unbranched alkanes of at least 4 members (excludes halogenated alkanes) is 6. The van der Waals surface area contributed by atoms with Crippen LogP contribution in [0.1, 0.15) is 81.8 Å². The number of allylic oxidation sites excluding steroid dienone is 1. The number of hydrogen-bond donors (Lipinski definition) is 1. The molecule has 154 valence electrons. The van der Waals surface area contributed by atoms with Gasteiger partial charge in [-0.25, -0.2) is 0 Å². The lowest BCUT2D eigenvalue weighted by Crippen LogP contribution is -2.31. The average Bonchev–Trinajstić information content (AvgIpc) is 3.13. The van der Waals surface area contributed by atoms with Gasteiger partial charge in [0.2, 0.25) is 0 Å². The molecule has 27 heavy (non-hydrogen) atoms. The van der Waals surface area contributed by atoms with Crippen LogP contribution in [0.15, 0.2) is 36.9 Å². The first kappa shape index (κ1) is 24.2. The number of halogens is 1. The highest BCUT2D eigenvalue weighted by molar-refractivity contribution is 5.85. The second-order valence-electron chi connectivity index (χ2n) is 7.72. The highest BCUT2D eigenvalue weighted by Gasteiger charge is 2.28. The zero-order valence-electron chi connectivity index (χ0n) is 17.3. The molecule has 1 aliphatic heterocycles. The van der Waals surface area contributed by atoms with Gasteiger partial charge < -0.3 is 10.1 Å². The van der Waals surface area contributed by atoms with E-state index in [1.807, 2.05) is 6.08 Å². The van der Waals surface area contributed by atoms with E-state index in [1.54, 1.807) is 0 Å². The number of rotatable bonds is 14. The van der Waals surface area contributed by atoms with Crippen molar-refractivity contribution in [3.63, 3.8) is 0 Å². The summed E-state index contributed by atoms with van der Waals surface area (Å²) in [6.45, 7) is 8.80. The minimum absolute atomic E-state index is 0. The number of ether oxygens (including phenoxy) is 1. The molecule has 0 bridgehead atoms. The average molecular weight is 394 g/mol. The van der Waals surface area contributed by atoms with E-state index in [2.05, 4.69) is 43.1 Å². The molecule has 2 atom stereocenters. The third-order valence-corrected chi connectivity index (χ3v) is 5.57. The Balaban J connectivity index is 0.00000364. The van der Waals surface area contributed by atoms with Crippen LogP contribution < -0.4 is 5.32 Å². The Morgan fingerprint density at radius 1 is 1.07 bits per heavy atom.